The molecule has 2 aliphatic rings. The standard InChI is InChI=1S/C17H25NO/c1-13(12-14-7-9-16(19)10-8-14)18-11-3-5-15-4-2-6-17(15)18/h7-10,13,15,17,19H,2-6,11-12H2,1H3. The summed E-state index contributed by atoms with van der Waals surface area (Å²) in [6, 6.07) is 9.19. The molecular weight excluding hydrogens is 234 g/mol. The van der Waals surface area contributed by atoms with Crippen molar-refractivity contribution in [3.8, 4) is 5.75 Å². The fraction of sp³-hybridized carbons (Fsp3) is 0.647. The summed E-state index contributed by atoms with van der Waals surface area (Å²) in [4.78, 5) is 2.76. The van der Waals surface area contributed by atoms with Crippen molar-refractivity contribution in [3.63, 3.8) is 0 Å². The molecule has 1 N–H and O–H groups in total. The van der Waals surface area contributed by atoms with E-state index in [-0.39, 0.29) is 0 Å². The Kier molecular flexibility index (Phi) is 3.79. The van der Waals surface area contributed by atoms with Gasteiger partial charge >= 0.3 is 0 Å². The largest absolute Gasteiger partial charge is 0.508 e. The van der Waals surface area contributed by atoms with Gasteiger partial charge in [-0.15, -0.1) is 0 Å². The van der Waals surface area contributed by atoms with Gasteiger partial charge in [-0.3, -0.25) is 4.90 Å². The number of phenols is 1. The molecule has 1 heterocycles. The maximum absolute atomic E-state index is 9.35. The lowest BCUT2D eigenvalue weighted by Gasteiger charge is -2.41. The molecule has 1 aliphatic carbocycles. The van der Waals surface area contributed by atoms with Gasteiger partial charge in [0.25, 0.3) is 0 Å². The summed E-state index contributed by atoms with van der Waals surface area (Å²) >= 11 is 0. The number of benzene rings is 1. The fourth-order valence-corrected chi connectivity index (χ4v) is 4.13. The molecule has 0 radical (unpaired) electrons. The Labute approximate surface area is 116 Å². The molecule has 1 aromatic carbocycles. The molecule has 3 rings (SSSR count). The van der Waals surface area contributed by atoms with Gasteiger partial charge in [-0.05, 0) is 69.2 Å². The molecule has 3 unspecified atom stereocenters. The van der Waals surface area contributed by atoms with Crippen molar-refractivity contribution in [3.05, 3.63) is 29.8 Å². The van der Waals surface area contributed by atoms with Crippen molar-refractivity contribution in [2.24, 2.45) is 5.92 Å². The maximum atomic E-state index is 9.35. The Hall–Kier alpha value is -1.02. The van der Waals surface area contributed by atoms with Gasteiger partial charge in [0.1, 0.15) is 5.75 Å². The van der Waals surface area contributed by atoms with E-state index < -0.39 is 0 Å². The third-order valence-electron chi connectivity index (χ3n) is 5.07. The van der Waals surface area contributed by atoms with Gasteiger partial charge in [-0.2, -0.15) is 0 Å². The third-order valence-corrected chi connectivity index (χ3v) is 5.07. The van der Waals surface area contributed by atoms with Crippen molar-refractivity contribution in [1.29, 1.82) is 0 Å². The molecule has 1 saturated heterocycles. The van der Waals surface area contributed by atoms with E-state index in [0.29, 0.717) is 11.8 Å². The van der Waals surface area contributed by atoms with E-state index in [1.807, 2.05) is 0 Å². The minimum atomic E-state index is 0.366. The minimum absolute atomic E-state index is 0.366. The lowest BCUT2D eigenvalue weighted by molar-refractivity contribution is 0.0748. The predicted octanol–water partition coefficient (Wildman–Crippen LogP) is 3.59. The zero-order valence-corrected chi connectivity index (χ0v) is 11.9. The van der Waals surface area contributed by atoms with Gasteiger partial charge in [0.2, 0.25) is 0 Å². The van der Waals surface area contributed by atoms with Gasteiger partial charge in [-0.1, -0.05) is 18.6 Å². The summed E-state index contributed by atoms with van der Waals surface area (Å²) in [6.45, 7) is 3.65. The monoisotopic (exact) mass is 259 g/mol. The molecule has 104 valence electrons. The van der Waals surface area contributed by atoms with Crippen molar-refractivity contribution in [1.82, 2.24) is 4.90 Å². The van der Waals surface area contributed by atoms with Gasteiger partial charge in [-0.25, -0.2) is 0 Å². The van der Waals surface area contributed by atoms with Crippen LogP contribution in [0, 0.1) is 5.92 Å². The van der Waals surface area contributed by atoms with E-state index in [4.69, 9.17) is 0 Å². The zero-order valence-electron chi connectivity index (χ0n) is 11.9. The van der Waals surface area contributed by atoms with E-state index in [9.17, 15) is 5.11 Å². The number of hydrogen-bond acceptors (Lipinski definition) is 2. The fourth-order valence-electron chi connectivity index (χ4n) is 4.13. The van der Waals surface area contributed by atoms with Crippen molar-refractivity contribution in [2.75, 3.05) is 6.54 Å². The van der Waals surface area contributed by atoms with Crippen LogP contribution in [0.15, 0.2) is 24.3 Å². The molecule has 0 amide bonds. The van der Waals surface area contributed by atoms with E-state index in [1.54, 1.807) is 12.1 Å². The Morgan fingerprint density at radius 1 is 1.16 bits per heavy atom. The van der Waals surface area contributed by atoms with Crippen molar-refractivity contribution in [2.45, 2.75) is 57.5 Å². The average molecular weight is 259 g/mol. The number of phenolic OH excluding ortho intramolecular Hbond substituents is 1. The molecule has 0 aromatic heterocycles. The first-order valence-corrected chi connectivity index (χ1v) is 7.77. The molecule has 1 aliphatic heterocycles. The van der Waals surface area contributed by atoms with Gasteiger partial charge in [0.05, 0.1) is 0 Å². The molecule has 2 fully saturated rings. The number of piperidine rings is 1. The third kappa shape index (κ3) is 2.79. The molecular formula is C17H25NO. The SMILES string of the molecule is CC(Cc1ccc(O)cc1)N1CCCC2CCCC21. The predicted molar refractivity (Wildman–Crippen MR) is 78.3 cm³/mol. The molecule has 19 heavy (non-hydrogen) atoms. The van der Waals surface area contributed by atoms with E-state index >= 15 is 0 Å². The summed E-state index contributed by atoms with van der Waals surface area (Å²) in [7, 11) is 0. The smallest absolute Gasteiger partial charge is 0.115 e. The van der Waals surface area contributed by atoms with Gasteiger partial charge in [0, 0.05) is 12.1 Å². The zero-order chi connectivity index (χ0) is 13.2. The van der Waals surface area contributed by atoms with Crippen LogP contribution in [0.3, 0.4) is 0 Å². The highest BCUT2D eigenvalue weighted by Crippen LogP contribution is 2.38. The first kappa shape index (κ1) is 13.0. The highest BCUT2D eigenvalue weighted by molar-refractivity contribution is 5.26. The van der Waals surface area contributed by atoms with Crippen LogP contribution in [0.25, 0.3) is 0 Å². The van der Waals surface area contributed by atoms with Crippen LogP contribution < -0.4 is 0 Å². The second-order valence-electron chi connectivity index (χ2n) is 6.36. The van der Waals surface area contributed by atoms with Crippen LogP contribution in [0.5, 0.6) is 5.75 Å². The summed E-state index contributed by atoms with van der Waals surface area (Å²) in [6.07, 6.45) is 8.22. The normalized spacial score (nSPS) is 29.1. The maximum Gasteiger partial charge on any atom is 0.115 e. The summed E-state index contributed by atoms with van der Waals surface area (Å²) < 4.78 is 0. The Morgan fingerprint density at radius 2 is 1.89 bits per heavy atom. The first-order chi connectivity index (χ1) is 9.24. The molecule has 2 nitrogen and oxygen atoms in total. The number of hydrogen-bond donors (Lipinski definition) is 1. The molecule has 0 bridgehead atoms. The Morgan fingerprint density at radius 3 is 2.68 bits per heavy atom. The molecule has 1 aromatic rings. The average Bonchev–Trinajstić information content (AvgIpc) is 2.89. The van der Waals surface area contributed by atoms with Gasteiger partial charge < -0.3 is 5.11 Å². The van der Waals surface area contributed by atoms with Crippen LogP contribution in [-0.4, -0.2) is 28.6 Å². The van der Waals surface area contributed by atoms with Gasteiger partial charge in [0.15, 0.2) is 0 Å². The molecule has 2 heteroatoms. The summed E-state index contributed by atoms with van der Waals surface area (Å²) in [5, 5.41) is 9.35. The lowest BCUT2D eigenvalue weighted by Crippen LogP contribution is -2.48. The number of rotatable bonds is 3. The molecule has 1 saturated carbocycles. The number of likely N-dealkylation sites (tertiary alicyclic amines) is 1. The quantitative estimate of drug-likeness (QED) is 0.896. The van der Waals surface area contributed by atoms with E-state index in [0.717, 1.165) is 18.4 Å². The van der Waals surface area contributed by atoms with Crippen LogP contribution in [0.4, 0.5) is 0 Å². The number of nitrogens with zero attached hydrogens (tertiary/aromatic N) is 1. The Balaban J connectivity index is 1.65. The second-order valence-corrected chi connectivity index (χ2v) is 6.36. The van der Waals surface area contributed by atoms with E-state index in [1.165, 1.54) is 44.2 Å². The highest BCUT2D eigenvalue weighted by atomic mass is 16.3. The molecule has 3 atom stereocenters. The van der Waals surface area contributed by atoms with E-state index in [2.05, 4.69) is 24.0 Å². The summed E-state index contributed by atoms with van der Waals surface area (Å²) in [5.41, 5.74) is 1.34. The molecule has 0 spiro atoms. The van der Waals surface area contributed by atoms with Crippen molar-refractivity contribution < 1.29 is 5.11 Å². The highest BCUT2D eigenvalue weighted by Gasteiger charge is 2.36. The topological polar surface area (TPSA) is 23.5 Å². The van der Waals surface area contributed by atoms with Crippen LogP contribution in [-0.2, 0) is 6.42 Å². The summed E-state index contributed by atoms with van der Waals surface area (Å²) in [5.74, 6) is 1.33. The van der Waals surface area contributed by atoms with Crippen LogP contribution in [0.1, 0.15) is 44.6 Å². The van der Waals surface area contributed by atoms with Crippen LogP contribution in [0.2, 0.25) is 0 Å². The first-order valence-electron chi connectivity index (χ1n) is 7.77. The minimum Gasteiger partial charge on any atom is -0.508 e. The van der Waals surface area contributed by atoms with Crippen molar-refractivity contribution >= 4 is 0 Å². The Bertz CT molecular complexity index is 414. The number of fused-ring (bicyclic) bond motifs is 1. The number of aromatic hydroxyl groups is 1. The van der Waals surface area contributed by atoms with Crippen LogP contribution >= 0.6 is 0 Å². The second kappa shape index (κ2) is 5.54. The lowest BCUT2D eigenvalue weighted by atomic mass is 9.90.